The molecular weight excluding hydrogens is 260 g/mol. The highest BCUT2D eigenvalue weighted by Crippen LogP contribution is 2.36. The molecule has 0 saturated heterocycles. The first-order valence-electron chi connectivity index (χ1n) is 7.07. The summed E-state index contributed by atoms with van der Waals surface area (Å²) >= 11 is 0. The molecule has 2 rings (SSSR count). The highest BCUT2D eigenvalue weighted by atomic mass is 28.3. The zero-order valence-corrected chi connectivity index (χ0v) is 13.5. The van der Waals surface area contributed by atoms with Crippen molar-refractivity contribution in [2.24, 2.45) is 0 Å². The minimum absolute atomic E-state index is 0.0859. The Kier molecular flexibility index (Phi) is 4.24. The average molecular weight is 282 g/mol. The second-order valence-electron chi connectivity index (χ2n) is 6.06. The average Bonchev–Trinajstić information content (AvgIpc) is 2.49. The van der Waals surface area contributed by atoms with E-state index in [0.717, 1.165) is 6.29 Å². The van der Waals surface area contributed by atoms with Gasteiger partial charge in [0.15, 0.2) is 0 Å². The van der Waals surface area contributed by atoms with Crippen LogP contribution in [-0.4, -0.2) is 14.4 Å². The summed E-state index contributed by atoms with van der Waals surface area (Å²) in [4.78, 5) is 11.3. The lowest BCUT2D eigenvalue weighted by molar-refractivity contribution is -0.108. The van der Waals surface area contributed by atoms with Gasteiger partial charge in [-0.15, -0.1) is 0 Å². The molecule has 104 valence electrons. The van der Waals surface area contributed by atoms with Crippen LogP contribution in [0.25, 0.3) is 0 Å². The Morgan fingerprint density at radius 2 is 1.45 bits per heavy atom. The van der Waals surface area contributed by atoms with Gasteiger partial charge in [0.1, 0.15) is 6.29 Å². The lowest BCUT2D eigenvalue weighted by Crippen LogP contribution is -2.58. The Labute approximate surface area is 122 Å². The molecule has 0 radical (unpaired) electrons. The van der Waals surface area contributed by atoms with Gasteiger partial charge in [-0.3, -0.25) is 0 Å². The molecule has 0 amide bonds. The largest absolute Gasteiger partial charge is 0.303 e. The van der Waals surface area contributed by atoms with Gasteiger partial charge in [0.25, 0.3) is 0 Å². The van der Waals surface area contributed by atoms with E-state index in [0.29, 0.717) is 6.42 Å². The smallest absolute Gasteiger partial charge is 0.120 e. The van der Waals surface area contributed by atoms with E-state index in [4.69, 9.17) is 0 Å². The number of aldehydes is 1. The van der Waals surface area contributed by atoms with Crippen LogP contribution in [0.3, 0.4) is 0 Å². The van der Waals surface area contributed by atoms with Crippen molar-refractivity contribution in [1.29, 1.82) is 0 Å². The van der Waals surface area contributed by atoms with Crippen LogP contribution in [0.15, 0.2) is 60.7 Å². The Morgan fingerprint density at radius 3 is 1.95 bits per heavy atom. The van der Waals surface area contributed by atoms with Crippen molar-refractivity contribution in [1.82, 2.24) is 0 Å². The Morgan fingerprint density at radius 1 is 0.950 bits per heavy atom. The lowest BCUT2D eigenvalue weighted by atomic mass is 9.97. The van der Waals surface area contributed by atoms with Gasteiger partial charge in [0, 0.05) is 6.42 Å². The maximum Gasteiger partial charge on any atom is 0.120 e. The third-order valence-electron chi connectivity index (χ3n) is 4.78. The molecule has 2 aromatic rings. The number of carbonyl (C=O) groups excluding carboxylic acids is 1. The zero-order chi connectivity index (χ0) is 14.6. The molecule has 0 saturated carbocycles. The van der Waals surface area contributed by atoms with Crippen LogP contribution < -0.4 is 5.19 Å². The zero-order valence-electron chi connectivity index (χ0n) is 12.5. The van der Waals surface area contributed by atoms with E-state index < -0.39 is 8.07 Å². The highest BCUT2D eigenvalue weighted by molar-refractivity contribution is 6.92. The summed E-state index contributed by atoms with van der Waals surface area (Å²) in [5.74, 6) is 0. The second-order valence-corrected chi connectivity index (χ2v) is 11.0. The van der Waals surface area contributed by atoms with Crippen molar-refractivity contribution in [3.05, 3.63) is 66.2 Å². The van der Waals surface area contributed by atoms with E-state index in [1.165, 1.54) is 10.8 Å². The summed E-state index contributed by atoms with van der Waals surface area (Å²) < 4.78 is 0. The summed E-state index contributed by atoms with van der Waals surface area (Å²) in [6.45, 7) is 6.97. The van der Waals surface area contributed by atoms with E-state index in [9.17, 15) is 4.79 Å². The lowest BCUT2D eigenvalue weighted by Gasteiger charge is -2.43. The highest BCUT2D eigenvalue weighted by Gasteiger charge is 2.44. The van der Waals surface area contributed by atoms with Gasteiger partial charge in [-0.2, -0.15) is 0 Å². The Hall–Kier alpha value is -1.67. The predicted octanol–water partition coefficient (Wildman–Crippen LogP) is 3.69. The molecule has 0 aromatic heterocycles. The van der Waals surface area contributed by atoms with Crippen molar-refractivity contribution in [2.45, 2.75) is 31.5 Å². The van der Waals surface area contributed by atoms with Gasteiger partial charge in [0.05, 0.1) is 8.07 Å². The normalized spacial score (nSPS) is 14.6. The third kappa shape index (κ3) is 2.48. The topological polar surface area (TPSA) is 17.1 Å². The standard InChI is InChI=1S/C18H22OSi/c1-18(14-15-19,16-10-6-4-7-11-16)20(2,3)17-12-8-5-9-13-17/h4-13,15H,14H2,1-3H3/t18-/m0/s1. The molecule has 0 N–H and O–H groups in total. The van der Waals surface area contributed by atoms with Crippen molar-refractivity contribution < 1.29 is 4.79 Å². The molecular formula is C18H22OSi. The van der Waals surface area contributed by atoms with Crippen molar-refractivity contribution in [3.8, 4) is 0 Å². The van der Waals surface area contributed by atoms with E-state index in [1.807, 2.05) is 12.1 Å². The molecule has 0 aliphatic rings. The number of hydrogen-bond acceptors (Lipinski definition) is 1. The Bertz CT molecular complexity index is 562. The molecule has 0 bridgehead atoms. The molecule has 0 aliphatic carbocycles. The van der Waals surface area contributed by atoms with E-state index in [-0.39, 0.29) is 5.04 Å². The van der Waals surface area contributed by atoms with Crippen LogP contribution in [-0.2, 0) is 9.83 Å². The summed E-state index contributed by atoms with van der Waals surface area (Å²) in [5, 5.41) is 1.31. The molecule has 20 heavy (non-hydrogen) atoms. The fourth-order valence-electron chi connectivity index (χ4n) is 2.88. The summed E-state index contributed by atoms with van der Waals surface area (Å²) in [5.41, 5.74) is 1.27. The first-order valence-corrected chi connectivity index (χ1v) is 10.1. The van der Waals surface area contributed by atoms with Crippen LogP contribution in [0.2, 0.25) is 13.1 Å². The monoisotopic (exact) mass is 282 g/mol. The minimum Gasteiger partial charge on any atom is -0.303 e. The maximum atomic E-state index is 11.3. The van der Waals surface area contributed by atoms with E-state index in [2.05, 4.69) is 68.5 Å². The molecule has 0 unspecified atom stereocenters. The fraction of sp³-hybridized carbons (Fsp3) is 0.278. The third-order valence-corrected chi connectivity index (χ3v) is 9.81. The first-order chi connectivity index (χ1) is 9.52. The van der Waals surface area contributed by atoms with Gasteiger partial charge < -0.3 is 4.79 Å². The number of carbonyl (C=O) groups is 1. The van der Waals surface area contributed by atoms with E-state index in [1.54, 1.807) is 0 Å². The van der Waals surface area contributed by atoms with Crippen LogP contribution >= 0.6 is 0 Å². The molecule has 0 heterocycles. The van der Waals surface area contributed by atoms with Crippen molar-refractivity contribution >= 4 is 19.5 Å². The molecule has 0 spiro atoms. The van der Waals surface area contributed by atoms with Crippen molar-refractivity contribution in [2.75, 3.05) is 0 Å². The van der Waals surface area contributed by atoms with Gasteiger partial charge in [0.2, 0.25) is 0 Å². The van der Waals surface area contributed by atoms with Crippen LogP contribution in [0, 0.1) is 0 Å². The Balaban J connectivity index is 2.55. The number of benzene rings is 2. The molecule has 0 aliphatic heterocycles. The summed E-state index contributed by atoms with van der Waals surface area (Å²) in [6.07, 6.45) is 1.65. The molecule has 0 fully saturated rings. The quantitative estimate of drug-likeness (QED) is 0.604. The SMILES string of the molecule is C[C@](CC=O)(c1ccccc1)[Si](C)(C)c1ccccc1. The van der Waals surface area contributed by atoms with Crippen molar-refractivity contribution in [3.63, 3.8) is 0 Å². The molecule has 2 aromatic carbocycles. The first kappa shape index (κ1) is 14.7. The fourth-order valence-corrected chi connectivity index (χ4v) is 6.02. The van der Waals surface area contributed by atoms with Gasteiger partial charge in [-0.1, -0.05) is 85.9 Å². The summed E-state index contributed by atoms with van der Waals surface area (Å²) in [7, 11) is -1.83. The van der Waals surface area contributed by atoms with Crippen LogP contribution in [0.4, 0.5) is 0 Å². The van der Waals surface area contributed by atoms with Gasteiger partial charge in [-0.25, -0.2) is 0 Å². The molecule has 1 nitrogen and oxygen atoms in total. The molecule has 2 heteroatoms. The minimum atomic E-state index is -1.83. The van der Waals surface area contributed by atoms with Crippen LogP contribution in [0.1, 0.15) is 18.9 Å². The second kappa shape index (κ2) is 5.76. The van der Waals surface area contributed by atoms with Gasteiger partial charge in [-0.05, 0) is 10.6 Å². The molecule has 1 atom stereocenters. The van der Waals surface area contributed by atoms with Gasteiger partial charge >= 0.3 is 0 Å². The number of rotatable bonds is 5. The summed E-state index contributed by atoms with van der Waals surface area (Å²) in [6, 6.07) is 21.1. The number of hydrogen-bond donors (Lipinski definition) is 0. The van der Waals surface area contributed by atoms with E-state index >= 15 is 0 Å². The predicted molar refractivity (Wildman–Crippen MR) is 88.0 cm³/mol. The van der Waals surface area contributed by atoms with Crippen LogP contribution in [0.5, 0.6) is 0 Å². The maximum absolute atomic E-state index is 11.3.